The number of aliphatic hydroxyl groups is 1. The van der Waals surface area contributed by atoms with E-state index < -0.39 is 5.60 Å². The van der Waals surface area contributed by atoms with Crippen LogP contribution in [0.1, 0.15) is 24.0 Å². The standard InChI is InChI=1S/C18H20BrNO/c19-17-8-4-7-16(13-17)18(21)9-11-20(12-10-18)14-15-5-2-1-3-6-15/h1-8,13,21H,9-12,14H2. The van der Waals surface area contributed by atoms with Crippen molar-refractivity contribution in [3.63, 3.8) is 0 Å². The van der Waals surface area contributed by atoms with Gasteiger partial charge in [-0.2, -0.15) is 0 Å². The molecule has 1 fully saturated rings. The van der Waals surface area contributed by atoms with Gasteiger partial charge in [-0.15, -0.1) is 0 Å². The van der Waals surface area contributed by atoms with E-state index in [9.17, 15) is 5.11 Å². The Balaban J connectivity index is 1.64. The lowest BCUT2D eigenvalue weighted by Gasteiger charge is -2.38. The lowest BCUT2D eigenvalue weighted by Crippen LogP contribution is -2.42. The van der Waals surface area contributed by atoms with Gasteiger partial charge in [0.25, 0.3) is 0 Å². The van der Waals surface area contributed by atoms with E-state index in [0.717, 1.165) is 42.5 Å². The van der Waals surface area contributed by atoms with Crippen LogP contribution < -0.4 is 0 Å². The van der Waals surface area contributed by atoms with Crippen molar-refractivity contribution in [1.29, 1.82) is 0 Å². The average Bonchev–Trinajstić information content (AvgIpc) is 2.51. The molecule has 1 heterocycles. The number of nitrogens with zero attached hydrogens (tertiary/aromatic N) is 1. The molecular formula is C18H20BrNO. The zero-order valence-corrected chi connectivity index (χ0v) is 13.6. The summed E-state index contributed by atoms with van der Waals surface area (Å²) in [5, 5.41) is 10.9. The van der Waals surface area contributed by atoms with Crippen molar-refractivity contribution < 1.29 is 5.11 Å². The van der Waals surface area contributed by atoms with Crippen molar-refractivity contribution in [2.24, 2.45) is 0 Å². The monoisotopic (exact) mass is 345 g/mol. The number of rotatable bonds is 3. The van der Waals surface area contributed by atoms with Gasteiger partial charge < -0.3 is 5.11 Å². The molecule has 0 atom stereocenters. The molecule has 1 N–H and O–H groups in total. The molecule has 2 aromatic carbocycles. The topological polar surface area (TPSA) is 23.5 Å². The number of likely N-dealkylation sites (tertiary alicyclic amines) is 1. The molecule has 0 radical (unpaired) electrons. The summed E-state index contributed by atoms with van der Waals surface area (Å²) in [6, 6.07) is 18.6. The van der Waals surface area contributed by atoms with Crippen molar-refractivity contribution >= 4 is 15.9 Å². The molecule has 0 saturated carbocycles. The number of piperidine rings is 1. The van der Waals surface area contributed by atoms with Gasteiger partial charge in [-0.1, -0.05) is 58.4 Å². The Morgan fingerprint density at radius 1 is 1.00 bits per heavy atom. The molecule has 1 aliphatic rings. The Kier molecular flexibility index (Phi) is 4.43. The third-order valence-corrected chi connectivity index (χ3v) is 4.79. The molecule has 3 rings (SSSR count). The molecule has 0 aromatic heterocycles. The molecule has 0 amide bonds. The first-order chi connectivity index (χ1) is 10.2. The Hall–Kier alpha value is -1.16. The zero-order valence-electron chi connectivity index (χ0n) is 12.0. The smallest absolute Gasteiger partial charge is 0.0921 e. The normalized spacial score (nSPS) is 18.6. The SMILES string of the molecule is OC1(c2cccc(Br)c2)CCN(Cc2ccccc2)CC1. The number of hydrogen-bond acceptors (Lipinski definition) is 2. The third kappa shape index (κ3) is 3.54. The van der Waals surface area contributed by atoms with Crippen LogP contribution in [-0.2, 0) is 12.1 Å². The van der Waals surface area contributed by atoms with Crippen LogP contribution in [0.15, 0.2) is 59.1 Å². The Bertz CT molecular complexity index is 591. The Labute approximate surface area is 134 Å². The van der Waals surface area contributed by atoms with E-state index in [2.05, 4.69) is 45.1 Å². The van der Waals surface area contributed by atoms with Crippen LogP contribution in [0, 0.1) is 0 Å². The molecule has 0 unspecified atom stereocenters. The first-order valence-corrected chi connectivity index (χ1v) is 8.20. The average molecular weight is 346 g/mol. The molecular weight excluding hydrogens is 326 g/mol. The molecule has 0 spiro atoms. The summed E-state index contributed by atoms with van der Waals surface area (Å²) < 4.78 is 1.03. The minimum absolute atomic E-state index is 0.684. The predicted molar refractivity (Wildman–Crippen MR) is 89.0 cm³/mol. The quantitative estimate of drug-likeness (QED) is 0.910. The second-order valence-electron chi connectivity index (χ2n) is 5.80. The highest BCUT2D eigenvalue weighted by molar-refractivity contribution is 9.10. The summed E-state index contributed by atoms with van der Waals surface area (Å²) in [6.07, 6.45) is 1.58. The minimum atomic E-state index is -0.684. The van der Waals surface area contributed by atoms with Gasteiger partial charge >= 0.3 is 0 Å². The van der Waals surface area contributed by atoms with Crippen molar-refractivity contribution in [2.75, 3.05) is 13.1 Å². The Morgan fingerprint density at radius 2 is 1.71 bits per heavy atom. The van der Waals surface area contributed by atoms with Gasteiger partial charge in [-0.3, -0.25) is 4.90 Å². The molecule has 0 aliphatic carbocycles. The zero-order chi connectivity index (χ0) is 14.7. The second-order valence-corrected chi connectivity index (χ2v) is 6.72. The number of halogens is 1. The van der Waals surface area contributed by atoms with Crippen molar-refractivity contribution in [1.82, 2.24) is 4.90 Å². The van der Waals surface area contributed by atoms with Gasteiger partial charge in [-0.25, -0.2) is 0 Å². The van der Waals surface area contributed by atoms with E-state index in [0.29, 0.717) is 0 Å². The molecule has 3 heteroatoms. The van der Waals surface area contributed by atoms with Gasteiger partial charge in [0, 0.05) is 24.1 Å². The van der Waals surface area contributed by atoms with Crippen LogP contribution in [0.25, 0.3) is 0 Å². The summed E-state index contributed by atoms with van der Waals surface area (Å²) in [5.74, 6) is 0. The van der Waals surface area contributed by atoms with E-state index in [-0.39, 0.29) is 0 Å². The molecule has 1 aliphatic heterocycles. The van der Waals surface area contributed by atoms with E-state index in [4.69, 9.17) is 0 Å². The maximum atomic E-state index is 10.9. The van der Waals surface area contributed by atoms with E-state index in [1.165, 1.54) is 5.56 Å². The lowest BCUT2D eigenvalue weighted by molar-refractivity contribution is -0.0277. The van der Waals surface area contributed by atoms with Crippen LogP contribution in [-0.4, -0.2) is 23.1 Å². The largest absolute Gasteiger partial charge is 0.385 e. The summed E-state index contributed by atoms with van der Waals surface area (Å²) in [4.78, 5) is 2.42. The van der Waals surface area contributed by atoms with Gasteiger partial charge in [0.15, 0.2) is 0 Å². The minimum Gasteiger partial charge on any atom is -0.385 e. The molecule has 2 nitrogen and oxygen atoms in total. The summed E-state index contributed by atoms with van der Waals surface area (Å²) in [6.45, 7) is 2.82. The maximum absolute atomic E-state index is 10.9. The third-order valence-electron chi connectivity index (χ3n) is 4.29. The van der Waals surface area contributed by atoms with Crippen LogP contribution in [0.2, 0.25) is 0 Å². The predicted octanol–water partition coefficient (Wildman–Crippen LogP) is 3.93. The molecule has 0 bridgehead atoms. The van der Waals surface area contributed by atoms with Gasteiger partial charge in [0.2, 0.25) is 0 Å². The highest BCUT2D eigenvalue weighted by Crippen LogP contribution is 2.34. The van der Waals surface area contributed by atoms with Gasteiger partial charge in [0.05, 0.1) is 5.60 Å². The number of benzene rings is 2. The van der Waals surface area contributed by atoms with Gasteiger partial charge in [-0.05, 0) is 36.1 Å². The van der Waals surface area contributed by atoms with E-state index in [1.54, 1.807) is 0 Å². The summed E-state index contributed by atoms with van der Waals surface area (Å²) >= 11 is 3.49. The fraction of sp³-hybridized carbons (Fsp3) is 0.333. The first kappa shape index (κ1) is 14.8. The molecule has 2 aromatic rings. The summed E-state index contributed by atoms with van der Waals surface area (Å²) in [5.41, 5.74) is 1.68. The van der Waals surface area contributed by atoms with Crippen LogP contribution >= 0.6 is 15.9 Å². The lowest BCUT2D eigenvalue weighted by atomic mass is 9.84. The molecule has 1 saturated heterocycles. The highest BCUT2D eigenvalue weighted by Gasteiger charge is 2.33. The van der Waals surface area contributed by atoms with Crippen molar-refractivity contribution in [3.05, 3.63) is 70.2 Å². The van der Waals surface area contributed by atoms with Crippen molar-refractivity contribution in [3.8, 4) is 0 Å². The van der Waals surface area contributed by atoms with Crippen LogP contribution in [0.5, 0.6) is 0 Å². The number of hydrogen-bond donors (Lipinski definition) is 1. The van der Waals surface area contributed by atoms with Crippen molar-refractivity contribution in [2.45, 2.75) is 25.0 Å². The van der Waals surface area contributed by atoms with E-state index in [1.807, 2.05) is 30.3 Å². The molecule has 21 heavy (non-hydrogen) atoms. The summed E-state index contributed by atoms with van der Waals surface area (Å²) in [7, 11) is 0. The Morgan fingerprint density at radius 3 is 2.38 bits per heavy atom. The second kappa shape index (κ2) is 6.30. The highest BCUT2D eigenvalue weighted by atomic mass is 79.9. The van der Waals surface area contributed by atoms with Gasteiger partial charge in [0.1, 0.15) is 0 Å². The molecule has 110 valence electrons. The fourth-order valence-electron chi connectivity index (χ4n) is 2.99. The van der Waals surface area contributed by atoms with Crippen LogP contribution in [0.4, 0.5) is 0 Å². The fourth-order valence-corrected chi connectivity index (χ4v) is 3.39. The maximum Gasteiger partial charge on any atom is 0.0921 e. The van der Waals surface area contributed by atoms with E-state index >= 15 is 0 Å². The van der Waals surface area contributed by atoms with Crippen LogP contribution in [0.3, 0.4) is 0 Å². The first-order valence-electron chi connectivity index (χ1n) is 7.40.